The van der Waals surface area contributed by atoms with Gasteiger partial charge in [-0.2, -0.15) is 0 Å². The van der Waals surface area contributed by atoms with Crippen LogP contribution in [-0.4, -0.2) is 51.5 Å². The zero-order chi connectivity index (χ0) is 22.9. The average Bonchev–Trinajstić information content (AvgIpc) is 3.18. The number of hydrogen-bond acceptors (Lipinski definition) is 5. The summed E-state index contributed by atoms with van der Waals surface area (Å²) in [4.78, 5) is 23.9. The number of amides is 1. The monoisotopic (exact) mass is 462 g/mol. The molecule has 2 N–H and O–H groups in total. The quantitative estimate of drug-likeness (QED) is 0.622. The van der Waals surface area contributed by atoms with Gasteiger partial charge in [0.1, 0.15) is 0 Å². The Morgan fingerprint density at radius 2 is 2.09 bits per heavy atom. The normalized spacial score (nSPS) is 19.1. The van der Waals surface area contributed by atoms with Crippen molar-refractivity contribution in [3.05, 3.63) is 82.2 Å². The van der Waals surface area contributed by atoms with Crippen LogP contribution >= 0.6 is 11.6 Å². The van der Waals surface area contributed by atoms with Gasteiger partial charge in [-0.05, 0) is 46.5 Å². The summed E-state index contributed by atoms with van der Waals surface area (Å²) in [5.74, 6) is -0.111. The second-order valence-corrected chi connectivity index (χ2v) is 9.00. The van der Waals surface area contributed by atoms with Gasteiger partial charge < -0.3 is 15.2 Å². The molecule has 33 heavy (non-hydrogen) atoms. The lowest BCUT2D eigenvalue weighted by molar-refractivity contribution is -0.119. The Morgan fingerprint density at radius 1 is 1.27 bits per heavy atom. The lowest BCUT2D eigenvalue weighted by atomic mass is 9.90. The van der Waals surface area contributed by atoms with Crippen molar-refractivity contribution < 1.29 is 4.79 Å². The van der Waals surface area contributed by atoms with E-state index >= 15 is 0 Å². The number of imidazole rings is 1. The molecule has 1 aromatic carbocycles. The minimum absolute atomic E-state index is 0.00571. The van der Waals surface area contributed by atoms with Crippen molar-refractivity contribution in [1.82, 2.24) is 30.1 Å². The number of hydrogen-bond donors (Lipinski definition) is 2. The molecular weight excluding hydrogens is 436 g/mol. The van der Waals surface area contributed by atoms with Crippen LogP contribution in [0.3, 0.4) is 0 Å². The van der Waals surface area contributed by atoms with Crippen molar-refractivity contribution in [2.24, 2.45) is 7.05 Å². The molecule has 0 radical (unpaired) electrons. The van der Waals surface area contributed by atoms with Gasteiger partial charge in [-0.15, -0.1) is 0 Å². The van der Waals surface area contributed by atoms with E-state index in [9.17, 15) is 4.79 Å². The Bertz CT molecular complexity index is 1210. The number of nitrogens with zero attached hydrogens (tertiary/aromatic N) is 4. The van der Waals surface area contributed by atoms with Crippen molar-refractivity contribution in [3.8, 4) is 0 Å². The van der Waals surface area contributed by atoms with Crippen molar-refractivity contribution in [2.45, 2.75) is 19.0 Å². The van der Waals surface area contributed by atoms with Gasteiger partial charge in [0, 0.05) is 51.4 Å². The van der Waals surface area contributed by atoms with E-state index < -0.39 is 0 Å². The summed E-state index contributed by atoms with van der Waals surface area (Å²) in [6, 6.07) is 9.72. The Balaban J connectivity index is 1.76. The van der Waals surface area contributed by atoms with Crippen LogP contribution in [0.2, 0.25) is 5.02 Å². The maximum absolute atomic E-state index is 12.3. The van der Waals surface area contributed by atoms with Crippen molar-refractivity contribution in [2.75, 3.05) is 26.2 Å². The lowest BCUT2D eigenvalue weighted by Gasteiger charge is -2.36. The molecule has 1 fully saturated rings. The molecule has 1 aliphatic carbocycles. The largest absolute Gasteiger partial charge is 0.344 e. The average molecular weight is 463 g/mol. The number of fused-ring (bicyclic) bond motifs is 2. The summed E-state index contributed by atoms with van der Waals surface area (Å²) >= 11 is 6.54. The van der Waals surface area contributed by atoms with E-state index in [2.05, 4.69) is 38.7 Å². The molecular formula is C25H27ClN6O. The van der Waals surface area contributed by atoms with Crippen molar-refractivity contribution in [3.63, 3.8) is 0 Å². The van der Waals surface area contributed by atoms with E-state index in [1.54, 1.807) is 19.4 Å². The number of piperazine rings is 1. The van der Waals surface area contributed by atoms with Gasteiger partial charge in [0.2, 0.25) is 5.91 Å². The van der Waals surface area contributed by atoms with Crippen molar-refractivity contribution >= 4 is 29.2 Å². The fourth-order valence-corrected chi connectivity index (χ4v) is 5.07. The molecule has 8 heteroatoms. The zero-order valence-corrected chi connectivity index (χ0v) is 19.5. The van der Waals surface area contributed by atoms with Crippen molar-refractivity contribution in [1.29, 1.82) is 0 Å². The molecule has 3 aromatic rings. The van der Waals surface area contributed by atoms with Crippen LogP contribution in [0, 0.1) is 0 Å². The molecule has 2 atom stereocenters. The summed E-state index contributed by atoms with van der Waals surface area (Å²) in [5, 5.41) is 7.25. The molecule has 1 unspecified atom stereocenters. The Hall–Kier alpha value is -3.00. The number of nitrogens with one attached hydrogen (secondary N) is 2. The molecule has 7 nitrogen and oxygen atoms in total. The minimum atomic E-state index is -0.387. The maximum atomic E-state index is 12.3. The highest BCUT2D eigenvalue weighted by atomic mass is 35.5. The molecule has 1 saturated heterocycles. The van der Waals surface area contributed by atoms with Gasteiger partial charge in [-0.1, -0.05) is 23.7 Å². The number of halogens is 1. The zero-order valence-electron chi connectivity index (χ0n) is 18.8. The third-order valence-electron chi connectivity index (χ3n) is 6.39. The number of aromatic nitrogens is 3. The van der Waals surface area contributed by atoms with E-state index in [0.717, 1.165) is 59.8 Å². The number of pyridine rings is 1. The molecule has 170 valence electrons. The second kappa shape index (κ2) is 9.09. The van der Waals surface area contributed by atoms with E-state index in [-0.39, 0.29) is 18.0 Å². The summed E-state index contributed by atoms with van der Waals surface area (Å²) in [6.07, 6.45) is 7.55. The predicted molar refractivity (Wildman–Crippen MR) is 130 cm³/mol. The second-order valence-electron chi connectivity index (χ2n) is 8.56. The van der Waals surface area contributed by atoms with Crippen LogP contribution in [0.1, 0.15) is 47.1 Å². The molecule has 1 aliphatic heterocycles. The molecule has 1 amide bonds. The molecule has 5 rings (SSSR count). The number of carbonyl (C=O) groups excluding carboxylic acids is 1. The number of benzene rings is 1. The van der Waals surface area contributed by atoms with Gasteiger partial charge in [0.05, 0.1) is 36.0 Å². The molecule has 2 aliphatic rings. The first-order valence-electron chi connectivity index (χ1n) is 11.2. The number of carbonyl (C=O) groups is 1. The predicted octanol–water partition coefficient (Wildman–Crippen LogP) is 3.19. The van der Waals surface area contributed by atoms with Gasteiger partial charge in [-0.25, -0.2) is 4.98 Å². The van der Waals surface area contributed by atoms with E-state index in [4.69, 9.17) is 16.6 Å². The number of rotatable bonds is 4. The highest BCUT2D eigenvalue weighted by molar-refractivity contribution is 6.30. The van der Waals surface area contributed by atoms with Crippen LogP contribution in [-0.2, 0) is 11.8 Å². The fourth-order valence-electron chi connectivity index (χ4n) is 4.90. The van der Waals surface area contributed by atoms with Crippen LogP contribution < -0.4 is 10.6 Å². The van der Waals surface area contributed by atoms with Crippen LogP contribution in [0.25, 0.3) is 11.6 Å². The summed E-state index contributed by atoms with van der Waals surface area (Å²) in [7, 11) is 1.94. The Kier molecular flexibility index (Phi) is 6.01. The SMILES string of the molecule is CC(=O)NC(C1=Cc2cccnc2[C@@H](N2CCNCC2)c2ccc(Cl)cc21)c1cncn1C. The standard InChI is InChI=1S/C25H27ClN6O/c1-16(33)30-24(22-14-28-15-31(22)2)21-12-17-4-3-7-29-23(17)25(32-10-8-27-9-11-32)19-6-5-18(26)13-20(19)21/h3-7,12-15,24-25,27H,8-11H2,1-2H3,(H,30,33)/t24?,25-/m0/s1. The van der Waals surface area contributed by atoms with Gasteiger partial charge in [0.25, 0.3) is 0 Å². The Morgan fingerprint density at radius 3 is 2.82 bits per heavy atom. The first-order valence-corrected chi connectivity index (χ1v) is 11.5. The molecule has 0 saturated carbocycles. The topological polar surface area (TPSA) is 75.1 Å². The van der Waals surface area contributed by atoms with Crippen LogP contribution in [0.5, 0.6) is 0 Å². The highest BCUT2D eigenvalue weighted by Gasteiger charge is 2.34. The summed E-state index contributed by atoms with van der Waals surface area (Å²) in [6.45, 7) is 5.26. The Labute approximate surface area is 198 Å². The third kappa shape index (κ3) is 4.19. The number of aryl methyl sites for hydroxylation is 1. The van der Waals surface area contributed by atoms with E-state index in [0.29, 0.717) is 5.02 Å². The van der Waals surface area contributed by atoms with E-state index in [1.165, 1.54) is 0 Å². The first kappa shape index (κ1) is 21.8. The maximum Gasteiger partial charge on any atom is 0.217 e. The minimum Gasteiger partial charge on any atom is -0.344 e. The first-order chi connectivity index (χ1) is 16.0. The summed E-state index contributed by atoms with van der Waals surface area (Å²) in [5.41, 5.74) is 6.09. The van der Waals surface area contributed by atoms with Gasteiger partial charge in [-0.3, -0.25) is 14.7 Å². The smallest absolute Gasteiger partial charge is 0.217 e. The lowest BCUT2D eigenvalue weighted by Crippen LogP contribution is -2.45. The van der Waals surface area contributed by atoms with Crippen LogP contribution in [0.4, 0.5) is 0 Å². The summed E-state index contributed by atoms with van der Waals surface area (Å²) < 4.78 is 1.94. The fraction of sp³-hybridized carbons (Fsp3) is 0.320. The van der Waals surface area contributed by atoms with Gasteiger partial charge >= 0.3 is 0 Å². The van der Waals surface area contributed by atoms with E-state index in [1.807, 2.05) is 36.0 Å². The highest BCUT2D eigenvalue weighted by Crippen LogP contribution is 2.44. The third-order valence-corrected chi connectivity index (χ3v) is 6.62. The van der Waals surface area contributed by atoms with Gasteiger partial charge in [0.15, 0.2) is 0 Å². The molecule has 0 bridgehead atoms. The van der Waals surface area contributed by atoms with Crippen LogP contribution in [0.15, 0.2) is 49.1 Å². The molecule has 2 aromatic heterocycles. The molecule has 0 spiro atoms. The molecule has 3 heterocycles.